The van der Waals surface area contributed by atoms with Crippen molar-refractivity contribution in [3.63, 3.8) is 0 Å². The normalized spacial score (nSPS) is 10.9. The van der Waals surface area contributed by atoms with E-state index in [0.29, 0.717) is 13.1 Å². The molecule has 0 fully saturated rings. The summed E-state index contributed by atoms with van der Waals surface area (Å²) in [7, 11) is 0. The highest BCUT2D eigenvalue weighted by Gasteiger charge is 2.07. The van der Waals surface area contributed by atoms with Gasteiger partial charge in [0.1, 0.15) is 5.69 Å². The molecule has 5 heteroatoms. The molecule has 0 aliphatic heterocycles. The Hall–Kier alpha value is -1.52. The number of rotatable bonds is 9. The third-order valence-electron chi connectivity index (χ3n) is 3.59. The summed E-state index contributed by atoms with van der Waals surface area (Å²) in [5.74, 6) is 0. The van der Waals surface area contributed by atoms with Crippen LogP contribution in [0.4, 0.5) is 5.69 Å². The Balaban J connectivity index is 2.54. The molecule has 0 atom stereocenters. The number of nitrogen functional groups attached to an aromatic ring is 1. The van der Waals surface area contributed by atoms with Crippen LogP contribution in [0.5, 0.6) is 0 Å². The molecule has 0 saturated heterocycles. The van der Waals surface area contributed by atoms with E-state index in [0.717, 1.165) is 12.8 Å². The Bertz CT molecular complexity index is 517. The van der Waals surface area contributed by atoms with Gasteiger partial charge in [-0.2, -0.15) is 0 Å². The summed E-state index contributed by atoms with van der Waals surface area (Å²) in [6.45, 7) is 5.06. The Morgan fingerprint density at radius 3 is 2.20 bits per heavy atom. The van der Waals surface area contributed by atoms with Crippen molar-refractivity contribution in [1.29, 1.82) is 0 Å². The molecule has 0 unspecified atom stereocenters. The van der Waals surface area contributed by atoms with E-state index in [1.165, 1.54) is 47.4 Å². The van der Waals surface area contributed by atoms with Crippen LogP contribution in [0.1, 0.15) is 58.8 Å². The van der Waals surface area contributed by atoms with E-state index in [1.807, 2.05) is 6.92 Å². The van der Waals surface area contributed by atoms with Gasteiger partial charge in [0, 0.05) is 19.3 Å². The lowest BCUT2D eigenvalue weighted by molar-refractivity contribution is 0.511. The van der Waals surface area contributed by atoms with Gasteiger partial charge in [0.05, 0.1) is 0 Å². The van der Waals surface area contributed by atoms with Crippen LogP contribution in [0.2, 0.25) is 0 Å². The second-order valence-electron chi connectivity index (χ2n) is 5.23. The highest BCUT2D eigenvalue weighted by molar-refractivity contribution is 5.30. The van der Waals surface area contributed by atoms with Gasteiger partial charge in [-0.1, -0.05) is 45.4 Å². The van der Waals surface area contributed by atoms with Gasteiger partial charge in [-0.15, -0.1) is 0 Å². The quantitative estimate of drug-likeness (QED) is 0.706. The topological polar surface area (TPSA) is 70.0 Å². The molecule has 0 spiro atoms. The predicted molar refractivity (Wildman–Crippen MR) is 83.0 cm³/mol. The van der Waals surface area contributed by atoms with Gasteiger partial charge in [0.25, 0.3) is 5.56 Å². The Morgan fingerprint density at radius 2 is 1.60 bits per heavy atom. The molecule has 1 heterocycles. The van der Waals surface area contributed by atoms with Gasteiger partial charge in [0.15, 0.2) is 0 Å². The fourth-order valence-electron chi connectivity index (χ4n) is 2.33. The maximum absolute atomic E-state index is 12.0. The molecule has 0 amide bonds. The van der Waals surface area contributed by atoms with E-state index in [4.69, 9.17) is 5.73 Å². The summed E-state index contributed by atoms with van der Waals surface area (Å²) in [4.78, 5) is 23.9. The van der Waals surface area contributed by atoms with Crippen molar-refractivity contribution >= 4 is 5.69 Å². The van der Waals surface area contributed by atoms with E-state index < -0.39 is 0 Å². The van der Waals surface area contributed by atoms with E-state index >= 15 is 0 Å². The number of unbranched alkanes of at least 4 members (excludes halogenated alkanes) is 6. The average molecular weight is 281 g/mol. The van der Waals surface area contributed by atoms with Crippen molar-refractivity contribution in [3.8, 4) is 0 Å². The lowest BCUT2D eigenvalue weighted by Gasteiger charge is -2.09. The van der Waals surface area contributed by atoms with Gasteiger partial charge in [-0.3, -0.25) is 13.9 Å². The molecule has 2 N–H and O–H groups in total. The van der Waals surface area contributed by atoms with Gasteiger partial charge in [-0.25, -0.2) is 4.79 Å². The number of anilines is 1. The maximum Gasteiger partial charge on any atom is 0.331 e. The lowest BCUT2D eigenvalue weighted by atomic mass is 10.1. The molecular weight excluding hydrogens is 254 g/mol. The minimum absolute atomic E-state index is 0.148. The highest BCUT2D eigenvalue weighted by Crippen LogP contribution is 2.07. The van der Waals surface area contributed by atoms with Crippen molar-refractivity contribution in [3.05, 3.63) is 27.0 Å². The van der Waals surface area contributed by atoms with E-state index in [9.17, 15) is 9.59 Å². The summed E-state index contributed by atoms with van der Waals surface area (Å²) >= 11 is 0. The Labute approximate surface area is 120 Å². The first-order chi connectivity index (χ1) is 9.61. The molecule has 0 bridgehead atoms. The average Bonchev–Trinajstić information content (AvgIpc) is 2.45. The minimum atomic E-state index is -0.356. The van der Waals surface area contributed by atoms with Crippen molar-refractivity contribution in [2.75, 3.05) is 5.73 Å². The van der Waals surface area contributed by atoms with Crippen LogP contribution in [-0.2, 0) is 13.1 Å². The first-order valence-corrected chi connectivity index (χ1v) is 7.71. The van der Waals surface area contributed by atoms with Gasteiger partial charge >= 0.3 is 5.69 Å². The smallest absolute Gasteiger partial charge is 0.331 e. The molecule has 0 aliphatic carbocycles. The zero-order valence-electron chi connectivity index (χ0n) is 12.7. The van der Waals surface area contributed by atoms with Crippen LogP contribution >= 0.6 is 0 Å². The molecule has 0 aliphatic rings. The first kappa shape index (κ1) is 16.5. The van der Waals surface area contributed by atoms with Gasteiger partial charge in [0.2, 0.25) is 0 Å². The fraction of sp³-hybridized carbons (Fsp3) is 0.733. The summed E-state index contributed by atoms with van der Waals surface area (Å²) < 4.78 is 2.75. The van der Waals surface area contributed by atoms with E-state index in [2.05, 4.69) is 6.92 Å². The predicted octanol–water partition coefficient (Wildman–Crippen LogP) is 2.36. The minimum Gasteiger partial charge on any atom is -0.393 e. The molecule has 20 heavy (non-hydrogen) atoms. The molecular formula is C15H27N3O2. The molecule has 0 saturated carbocycles. The zero-order valence-corrected chi connectivity index (χ0v) is 12.7. The number of aryl methyl sites for hydroxylation is 1. The maximum atomic E-state index is 12.0. The zero-order chi connectivity index (χ0) is 15.0. The van der Waals surface area contributed by atoms with Crippen molar-refractivity contribution in [1.82, 2.24) is 9.13 Å². The van der Waals surface area contributed by atoms with E-state index in [1.54, 1.807) is 0 Å². The lowest BCUT2D eigenvalue weighted by Crippen LogP contribution is -2.40. The van der Waals surface area contributed by atoms with Crippen LogP contribution in [0.3, 0.4) is 0 Å². The number of nitrogens with two attached hydrogens (primary N) is 1. The SMILES string of the molecule is CCCCCCCCCn1c(=O)c(N)cn(CC)c1=O. The molecule has 1 rings (SSSR count). The van der Waals surface area contributed by atoms with Crippen molar-refractivity contribution in [2.24, 2.45) is 0 Å². The largest absolute Gasteiger partial charge is 0.393 e. The summed E-state index contributed by atoms with van der Waals surface area (Å²) in [5, 5.41) is 0. The standard InChI is InChI=1S/C15H27N3O2/c1-3-5-6-7-8-9-10-11-18-14(19)13(16)12-17(4-2)15(18)20/h12H,3-11,16H2,1-2H3. The van der Waals surface area contributed by atoms with Crippen molar-refractivity contribution < 1.29 is 0 Å². The molecule has 0 aromatic carbocycles. The third kappa shape index (κ3) is 4.54. The highest BCUT2D eigenvalue weighted by atomic mass is 16.2. The molecule has 1 aromatic rings. The first-order valence-electron chi connectivity index (χ1n) is 7.71. The van der Waals surface area contributed by atoms with Gasteiger partial charge < -0.3 is 5.73 Å². The molecule has 1 aromatic heterocycles. The van der Waals surface area contributed by atoms with Crippen molar-refractivity contribution in [2.45, 2.75) is 71.9 Å². The van der Waals surface area contributed by atoms with Crippen LogP contribution in [-0.4, -0.2) is 9.13 Å². The number of nitrogens with zero attached hydrogens (tertiary/aromatic N) is 2. The number of hydrogen-bond acceptors (Lipinski definition) is 3. The Morgan fingerprint density at radius 1 is 1.00 bits per heavy atom. The number of hydrogen-bond donors (Lipinski definition) is 1. The molecule has 0 radical (unpaired) electrons. The van der Waals surface area contributed by atoms with Crippen LogP contribution in [0, 0.1) is 0 Å². The number of aromatic nitrogens is 2. The van der Waals surface area contributed by atoms with Gasteiger partial charge in [-0.05, 0) is 13.3 Å². The van der Waals surface area contributed by atoms with Crippen LogP contribution in [0.25, 0.3) is 0 Å². The Kier molecular flexibility index (Phi) is 7.12. The second-order valence-corrected chi connectivity index (χ2v) is 5.23. The molecule has 114 valence electrons. The van der Waals surface area contributed by atoms with Crippen LogP contribution in [0.15, 0.2) is 15.8 Å². The monoisotopic (exact) mass is 281 g/mol. The summed E-state index contributed by atoms with van der Waals surface area (Å²) in [6.07, 6.45) is 9.55. The second kappa shape index (κ2) is 8.61. The third-order valence-corrected chi connectivity index (χ3v) is 3.59. The molecule has 5 nitrogen and oxygen atoms in total. The fourth-order valence-corrected chi connectivity index (χ4v) is 2.33. The summed E-state index contributed by atoms with van der Waals surface area (Å²) in [6, 6.07) is 0. The van der Waals surface area contributed by atoms with E-state index in [-0.39, 0.29) is 16.9 Å². The van der Waals surface area contributed by atoms with Crippen LogP contribution < -0.4 is 17.0 Å². The summed E-state index contributed by atoms with van der Waals surface area (Å²) in [5.41, 5.74) is 5.20.